The highest BCUT2D eigenvalue weighted by molar-refractivity contribution is 9.10. The van der Waals surface area contributed by atoms with E-state index in [0.717, 1.165) is 20.6 Å². The van der Waals surface area contributed by atoms with E-state index >= 15 is 0 Å². The fraction of sp³-hybridized carbons (Fsp3) is 0.318. The van der Waals surface area contributed by atoms with E-state index in [1.165, 1.54) is 31.0 Å². The summed E-state index contributed by atoms with van der Waals surface area (Å²) in [5.74, 6) is -1.15. The Hall–Kier alpha value is -2.72. The molecule has 0 spiro atoms. The van der Waals surface area contributed by atoms with Crippen molar-refractivity contribution in [2.24, 2.45) is 0 Å². The van der Waals surface area contributed by atoms with Gasteiger partial charge < -0.3 is 10.2 Å². The molecule has 172 valence electrons. The van der Waals surface area contributed by atoms with Gasteiger partial charge in [-0.05, 0) is 43.7 Å². The van der Waals surface area contributed by atoms with Crippen molar-refractivity contribution in [3.8, 4) is 0 Å². The van der Waals surface area contributed by atoms with Crippen LogP contribution >= 0.6 is 15.9 Å². The third-order valence-corrected chi connectivity index (χ3v) is 6.57. The minimum atomic E-state index is -3.85. The van der Waals surface area contributed by atoms with Gasteiger partial charge in [-0.3, -0.25) is 18.7 Å². The van der Waals surface area contributed by atoms with Crippen LogP contribution in [0.1, 0.15) is 29.8 Å². The second kappa shape index (κ2) is 10.7. The maximum atomic E-state index is 13.3. The molecule has 10 heteroatoms. The van der Waals surface area contributed by atoms with E-state index in [1.54, 1.807) is 19.1 Å². The topological polar surface area (TPSA) is 104 Å². The highest BCUT2D eigenvalue weighted by atomic mass is 79.9. The van der Waals surface area contributed by atoms with Crippen LogP contribution < -0.4 is 9.62 Å². The molecule has 0 aromatic heterocycles. The molecular formula is C22H26BrN3O5S. The number of rotatable bonds is 9. The van der Waals surface area contributed by atoms with E-state index < -0.39 is 28.5 Å². The number of hydrogen-bond donors (Lipinski definition) is 1. The molecule has 8 nitrogen and oxygen atoms in total. The smallest absolute Gasteiger partial charge is 0.244 e. The summed E-state index contributed by atoms with van der Waals surface area (Å²) in [6, 6.07) is 12.5. The first-order valence-corrected chi connectivity index (χ1v) is 12.4. The highest BCUT2D eigenvalue weighted by Gasteiger charge is 2.29. The lowest BCUT2D eigenvalue weighted by Gasteiger charge is -2.31. The maximum absolute atomic E-state index is 13.3. The first-order chi connectivity index (χ1) is 14.9. The van der Waals surface area contributed by atoms with Gasteiger partial charge in [-0.2, -0.15) is 0 Å². The van der Waals surface area contributed by atoms with Crippen LogP contribution in [0.15, 0.2) is 53.0 Å². The number of ketones is 1. The predicted octanol–water partition coefficient (Wildman–Crippen LogP) is 2.58. The molecule has 2 aromatic rings. The fourth-order valence-electron chi connectivity index (χ4n) is 3.07. The standard InChI is InChI=1S/C22H26BrN3O5S/c1-15(22(29)24-3)25(13-17-8-10-19(23)11-9-17)21(28)14-26(32(4,30)31)20-7-5-6-18(12-20)16(2)27/h5-12,15H,13-14H2,1-4H3,(H,24,29). The van der Waals surface area contributed by atoms with Crippen molar-refractivity contribution < 1.29 is 22.8 Å². The number of nitrogens with one attached hydrogen (secondary N) is 1. The Kier molecular flexibility index (Phi) is 8.57. The molecule has 0 saturated heterocycles. The monoisotopic (exact) mass is 523 g/mol. The number of carbonyl (C=O) groups is 3. The molecule has 2 rings (SSSR count). The van der Waals surface area contributed by atoms with E-state index in [9.17, 15) is 22.8 Å². The quantitative estimate of drug-likeness (QED) is 0.508. The Morgan fingerprint density at radius 2 is 1.72 bits per heavy atom. The van der Waals surface area contributed by atoms with Crippen LogP contribution in [-0.4, -0.2) is 56.8 Å². The van der Waals surface area contributed by atoms with Crippen LogP contribution in [0.2, 0.25) is 0 Å². The second-order valence-corrected chi connectivity index (χ2v) is 10.1. The molecule has 0 saturated carbocycles. The van der Waals surface area contributed by atoms with Gasteiger partial charge in [-0.15, -0.1) is 0 Å². The van der Waals surface area contributed by atoms with E-state index in [1.807, 2.05) is 24.3 Å². The third kappa shape index (κ3) is 6.64. The Bertz CT molecular complexity index is 1100. The first-order valence-electron chi connectivity index (χ1n) is 9.78. The molecule has 0 fully saturated rings. The Morgan fingerprint density at radius 1 is 1.09 bits per heavy atom. The summed E-state index contributed by atoms with van der Waals surface area (Å²) in [5.41, 5.74) is 1.31. The summed E-state index contributed by atoms with van der Waals surface area (Å²) >= 11 is 3.36. The van der Waals surface area contributed by atoms with Crippen LogP contribution in [0.5, 0.6) is 0 Å². The second-order valence-electron chi connectivity index (χ2n) is 7.31. The molecule has 1 unspecified atom stereocenters. The molecule has 2 amide bonds. The van der Waals surface area contributed by atoms with Crippen LogP contribution in [0.4, 0.5) is 5.69 Å². The number of amides is 2. The number of anilines is 1. The SMILES string of the molecule is CNC(=O)C(C)N(Cc1ccc(Br)cc1)C(=O)CN(c1cccc(C(C)=O)c1)S(C)(=O)=O. The minimum absolute atomic E-state index is 0.117. The number of nitrogens with zero attached hydrogens (tertiary/aromatic N) is 2. The molecular weight excluding hydrogens is 498 g/mol. The summed E-state index contributed by atoms with van der Waals surface area (Å²) < 4.78 is 26.8. The molecule has 0 radical (unpaired) electrons. The zero-order valence-electron chi connectivity index (χ0n) is 18.3. The van der Waals surface area contributed by atoms with Gasteiger partial charge >= 0.3 is 0 Å². The summed E-state index contributed by atoms with van der Waals surface area (Å²) in [5, 5.41) is 2.52. The van der Waals surface area contributed by atoms with Crippen molar-refractivity contribution in [3.05, 3.63) is 64.1 Å². The molecule has 0 aliphatic heterocycles. The van der Waals surface area contributed by atoms with Crippen molar-refractivity contribution in [1.29, 1.82) is 0 Å². The van der Waals surface area contributed by atoms with Gasteiger partial charge in [0.2, 0.25) is 21.8 Å². The Morgan fingerprint density at radius 3 is 2.25 bits per heavy atom. The average Bonchev–Trinajstić information content (AvgIpc) is 2.75. The number of halogens is 1. The van der Waals surface area contributed by atoms with Gasteiger partial charge in [-0.1, -0.05) is 40.2 Å². The molecule has 32 heavy (non-hydrogen) atoms. The van der Waals surface area contributed by atoms with Gasteiger partial charge in [0, 0.05) is 23.6 Å². The molecule has 1 N–H and O–H groups in total. The summed E-state index contributed by atoms with van der Waals surface area (Å²) in [6.45, 7) is 2.56. The molecule has 0 heterocycles. The normalized spacial score (nSPS) is 12.0. The van der Waals surface area contributed by atoms with E-state index in [0.29, 0.717) is 5.56 Å². The molecule has 1 atom stereocenters. The van der Waals surface area contributed by atoms with Crippen molar-refractivity contribution in [2.45, 2.75) is 26.4 Å². The van der Waals surface area contributed by atoms with Crippen molar-refractivity contribution in [3.63, 3.8) is 0 Å². The van der Waals surface area contributed by atoms with Crippen molar-refractivity contribution in [1.82, 2.24) is 10.2 Å². The van der Waals surface area contributed by atoms with Crippen molar-refractivity contribution >= 4 is 49.2 Å². The number of carbonyl (C=O) groups excluding carboxylic acids is 3. The zero-order chi connectivity index (χ0) is 24.1. The summed E-state index contributed by atoms with van der Waals surface area (Å²) in [6.07, 6.45) is 0.988. The van der Waals surface area contributed by atoms with Crippen molar-refractivity contribution in [2.75, 3.05) is 24.2 Å². The average molecular weight is 524 g/mol. The van der Waals surface area contributed by atoms with Crippen LogP contribution in [0, 0.1) is 0 Å². The maximum Gasteiger partial charge on any atom is 0.244 e. The van der Waals surface area contributed by atoms with Gasteiger partial charge in [0.1, 0.15) is 12.6 Å². The Labute approximate surface area is 196 Å². The predicted molar refractivity (Wildman–Crippen MR) is 127 cm³/mol. The molecule has 0 bridgehead atoms. The number of hydrogen-bond acceptors (Lipinski definition) is 5. The highest BCUT2D eigenvalue weighted by Crippen LogP contribution is 2.21. The van der Waals surface area contributed by atoms with Gasteiger partial charge in [0.05, 0.1) is 11.9 Å². The van der Waals surface area contributed by atoms with Crippen LogP contribution in [0.25, 0.3) is 0 Å². The molecule has 2 aromatic carbocycles. The van der Waals surface area contributed by atoms with E-state index in [-0.39, 0.29) is 23.9 Å². The minimum Gasteiger partial charge on any atom is -0.357 e. The Balaban J connectivity index is 2.41. The zero-order valence-corrected chi connectivity index (χ0v) is 20.7. The van der Waals surface area contributed by atoms with E-state index in [2.05, 4.69) is 21.2 Å². The molecule has 0 aliphatic rings. The van der Waals surface area contributed by atoms with E-state index in [4.69, 9.17) is 0 Å². The fourth-order valence-corrected chi connectivity index (χ4v) is 4.18. The third-order valence-electron chi connectivity index (χ3n) is 4.90. The van der Waals surface area contributed by atoms with Crippen LogP contribution in [0.3, 0.4) is 0 Å². The number of benzene rings is 2. The van der Waals surface area contributed by atoms with Gasteiger partial charge in [-0.25, -0.2) is 8.42 Å². The lowest BCUT2D eigenvalue weighted by molar-refractivity contribution is -0.139. The number of Topliss-reactive ketones (excluding diaryl/α,β-unsaturated/α-hetero) is 1. The summed E-state index contributed by atoms with van der Waals surface area (Å²) in [7, 11) is -2.38. The molecule has 0 aliphatic carbocycles. The lowest BCUT2D eigenvalue weighted by Crippen LogP contribution is -2.50. The lowest BCUT2D eigenvalue weighted by atomic mass is 10.1. The number of sulfonamides is 1. The summed E-state index contributed by atoms with van der Waals surface area (Å²) in [4.78, 5) is 38.6. The first kappa shape index (κ1) is 25.5. The van der Waals surface area contributed by atoms with Gasteiger partial charge in [0.25, 0.3) is 0 Å². The van der Waals surface area contributed by atoms with Crippen LogP contribution in [-0.2, 0) is 26.2 Å². The largest absolute Gasteiger partial charge is 0.357 e. The van der Waals surface area contributed by atoms with Gasteiger partial charge in [0.15, 0.2) is 5.78 Å². The number of likely N-dealkylation sites (N-methyl/N-ethyl adjacent to an activating group) is 1.